The molecule has 0 radical (unpaired) electrons. The minimum Gasteiger partial charge on any atom is -0.309 e. The second kappa shape index (κ2) is 11.6. The highest BCUT2D eigenvalue weighted by Crippen LogP contribution is 2.47. The minimum atomic E-state index is 0.154. The van der Waals surface area contributed by atoms with E-state index in [1.807, 2.05) is 0 Å². The molecule has 1 atom stereocenters. The summed E-state index contributed by atoms with van der Waals surface area (Å²) in [4.78, 5) is 5.43. The van der Waals surface area contributed by atoms with Crippen LogP contribution in [0.25, 0.3) is 59.8 Å². The van der Waals surface area contributed by atoms with Crippen LogP contribution in [0.1, 0.15) is 55.2 Å². The van der Waals surface area contributed by atoms with Crippen LogP contribution in [0.15, 0.2) is 145 Å². The van der Waals surface area contributed by atoms with Gasteiger partial charge in [-0.2, -0.15) is 0 Å². The summed E-state index contributed by atoms with van der Waals surface area (Å²) in [5.41, 5.74) is 9.75. The van der Waals surface area contributed by atoms with E-state index in [1.54, 1.807) is 0 Å². The topological polar surface area (TPSA) is 17.3 Å². The number of hydrogen-bond donors (Lipinski definition) is 0. The maximum absolute atomic E-state index is 5.43. The molecule has 0 saturated heterocycles. The lowest BCUT2D eigenvalue weighted by Crippen LogP contribution is -2.14. The molecule has 232 valence electrons. The molecule has 0 aliphatic heterocycles. The Labute approximate surface area is 281 Å². The van der Waals surface area contributed by atoms with Crippen molar-refractivity contribution in [2.45, 2.75) is 45.4 Å². The number of hydrogen-bond acceptors (Lipinski definition) is 1. The molecular formula is C46H38N2. The van der Waals surface area contributed by atoms with Gasteiger partial charge in [0.05, 0.1) is 22.4 Å². The molecule has 1 heterocycles. The van der Waals surface area contributed by atoms with Crippen molar-refractivity contribution in [1.29, 1.82) is 0 Å². The smallest absolute Gasteiger partial charge is 0.0662 e. The maximum Gasteiger partial charge on any atom is 0.0662 e. The Bertz CT molecular complexity index is 2580. The number of aryl methyl sites for hydroxylation is 1. The lowest BCUT2D eigenvalue weighted by molar-refractivity contribution is 0.746. The predicted octanol–water partition coefficient (Wildman–Crippen LogP) is 12.9. The number of benzene rings is 7. The molecule has 7 aromatic carbocycles. The first kappa shape index (κ1) is 28.7. The van der Waals surface area contributed by atoms with E-state index in [0.717, 1.165) is 37.1 Å². The van der Waals surface area contributed by atoms with Gasteiger partial charge < -0.3 is 4.57 Å². The predicted molar refractivity (Wildman–Crippen MR) is 207 cm³/mol. The normalized spacial score (nSPS) is 14.5. The average Bonchev–Trinajstić information content (AvgIpc) is 3.50. The summed E-state index contributed by atoms with van der Waals surface area (Å²) in [5.74, 6) is 0.154. The number of allylic oxidation sites excluding steroid dienone is 4. The number of aliphatic imine (C=N–C) groups is 1. The number of nitrogens with zero attached hydrogens (tertiary/aromatic N) is 2. The van der Waals surface area contributed by atoms with Crippen LogP contribution < -0.4 is 0 Å². The van der Waals surface area contributed by atoms with Crippen LogP contribution in [0.5, 0.6) is 0 Å². The second-order valence-corrected chi connectivity index (χ2v) is 13.3. The van der Waals surface area contributed by atoms with E-state index in [-0.39, 0.29) is 5.92 Å². The molecule has 2 heteroatoms. The fourth-order valence-electron chi connectivity index (χ4n) is 8.15. The molecule has 8 aromatic rings. The molecule has 0 saturated carbocycles. The fourth-order valence-corrected chi connectivity index (χ4v) is 8.15. The van der Waals surface area contributed by atoms with Gasteiger partial charge in [-0.15, -0.1) is 0 Å². The van der Waals surface area contributed by atoms with Crippen LogP contribution in [0.2, 0.25) is 0 Å². The van der Waals surface area contributed by atoms with Crippen molar-refractivity contribution in [3.8, 4) is 0 Å². The first-order chi connectivity index (χ1) is 23.7. The molecule has 9 rings (SSSR count). The van der Waals surface area contributed by atoms with Crippen molar-refractivity contribution in [2.24, 2.45) is 4.99 Å². The molecule has 0 spiro atoms. The summed E-state index contributed by atoms with van der Waals surface area (Å²) in [5, 5.41) is 10.6. The van der Waals surface area contributed by atoms with Crippen LogP contribution in [0.4, 0.5) is 5.69 Å². The lowest BCUT2D eigenvalue weighted by Gasteiger charge is -2.22. The molecule has 2 nitrogen and oxygen atoms in total. The largest absolute Gasteiger partial charge is 0.309 e. The van der Waals surface area contributed by atoms with Crippen molar-refractivity contribution in [3.63, 3.8) is 0 Å². The highest BCUT2D eigenvalue weighted by Gasteiger charge is 2.25. The summed E-state index contributed by atoms with van der Waals surface area (Å²) in [6.45, 7) is 4.45. The van der Waals surface area contributed by atoms with Gasteiger partial charge >= 0.3 is 0 Å². The van der Waals surface area contributed by atoms with E-state index in [0.29, 0.717) is 0 Å². The molecule has 48 heavy (non-hydrogen) atoms. The Morgan fingerprint density at radius 1 is 0.708 bits per heavy atom. The quantitative estimate of drug-likeness (QED) is 0.0960. The van der Waals surface area contributed by atoms with Gasteiger partial charge in [-0.25, -0.2) is 0 Å². The zero-order valence-electron chi connectivity index (χ0n) is 27.6. The second-order valence-electron chi connectivity index (χ2n) is 13.3. The summed E-state index contributed by atoms with van der Waals surface area (Å²) in [6.07, 6.45) is 11.3. The third-order valence-corrected chi connectivity index (χ3v) is 10.4. The molecule has 1 aliphatic carbocycles. The Hall–Kier alpha value is -5.47. The Morgan fingerprint density at radius 2 is 1.52 bits per heavy atom. The molecule has 1 aromatic heterocycles. The van der Waals surface area contributed by atoms with E-state index >= 15 is 0 Å². The molecule has 0 fully saturated rings. The van der Waals surface area contributed by atoms with Crippen LogP contribution in [-0.4, -0.2) is 10.3 Å². The van der Waals surface area contributed by atoms with Gasteiger partial charge in [-0.1, -0.05) is 123 Å². The van der Waals surface area contributed by atoms with E-state index in [4.69, 9.17) is 4.99 Å². The Morgan fingerprint density at radius 3 is 2.35 bits per heavy atom. The van der Waals surface area contributed by atoms with Gasteiger partial charge in [0.25, 0.3) is 0 Å². The van der Waals surface area contributed by atoms with Gasteiger partial charge in [0.15, 0.2) is 0 Å². The molecular weight excluding hydrogens is 581 g/mol. The number of para-hydroxylation sites is 1. The standard InChI is InChI=1S/C46H38N2/c1-3-15-35(45(31-17-6-4-7-18-31)47-41-24-13-10-16-30(41)2)33-26-27-37-39(28-33)38-23-14-25-42-43(38)44-40(37)29-32-19-11-12-22-36(32)46(44)48(42)34-20-8-5-9-21-34/h4,6-8,10-14,16-29,35H,3,5,9,15H2,1-2H3. The minimum absolute atomic E-state index is 0.154. The van der Waals surface area contributed by atoms with Gasteiger partial charge in [-0.05, 0) is 100 Å². The summed E-state index contributed by atoms with van der Waals surface area (Å²) >= 11 is 0. The van der Waals surface area contributed by atoms with Crippen LogP contribution in [0, 0.1) is 6.92 Å². The molecule has 0 bridgehead atoms. The fraction of sp³-hybridized carbons (Fsp3) is 0.152. The maximum atomic E-state index is 5.43. The first-order valence-electron chi connectivity index (χ1n) is 17.4. The van der Waals surface area contributed by atoms with E-state index < -0.39 is 0 Å². The highest BCUT2D eigenvalue weighted by atomic mass is 15.0. The summed E-state index contributed by atoms with van der Waals surface area (Å²) in [6, 6.07) is 44.8. The zero-order chi connectivity index (χ0) is 32.2. The summed E-state index contributed by atoms with van der Waals surface area (Å²) in [7, 11) is 0. The number of rotatable bonds is 7. The van der Waals surface area contributed by atoms with Crippen LogP contribution >= 0.6 is 0 Å². The SMILES string of the molecule is CCCC(C(=Nc1ccccc1C)c1ccccc1)c1ccc2c(c1)c1cccc3c1c1c2cc2ccccc2c1n3C1=CCCC=C1. The van der Waals surface area contributed by atoms with Gasteiger partial charge in [0.1, 0.15) is 0 Å². The van der Waals surface area contributed by atoms with E-state index in [2.05, 4.69) is 158 Å². The summed E-state index contributed by atoms with van der Waals surface area (Å²) < 4.78 is 2.53. The van der Waals surface area contributed by atoms with Crippen LogP contribution in [-0.2, 0) is 0 Å². The van der Waals surface area contributed by atoms with Crippen molar-refractivity contribution >= 4 is 71.2 Å². The monoisotopic (exact) mass is 618 g/mol. The van der Waals surface area contributed by atoms with Gasteiger partial charge in [0.2, 0.25) is 0 Å². The van der Waals surface area contributed by atoms with Crippen molar-refractivity contribution in [1.82, 2.24) is 4.57 Å². The van der Waals surface area contributed by atoms with Crippen molar-refractivity contribution in [2.75, 3.05) is 0 Å². The third-order valence-electron chi connectivity index (χ3n) is 10.4. The zero-order valence-corrected chi connectivity index (χ0v) is 27.6. The molecule has 1 aliphatic rings. The number of aromatic nitrogens is 1. The molecule has 0 N–H and O–H groups in total. The first-order valence-corrected chi connectivity index (χ1v) is 17.4. The third kappa shape index (κ3) is 4.51. The van der Waals surface area contributed by atoms with Gasteiger partial charge in [-0.3, -0.25) is 4.99 Å². The Kier molecular flexibility index (Phi) is 6.97. The van der Waals surface area contributed by atoms with Crippen molar-refractivity contribution < 1.29 is 0 Å². The van der Waals surface area contributed by atoms with Crippen LogP contribution in [0.3, 0.4) is 0 Å². The van der Waals surface area contributed by atoms with Gasteiger partial charge in [0, 0.05) is 27.8 Å². The Balaban J connectivity index is 1.35. The number of fused-ring (bicyclic) bond motifs is 5. The van der Waals surface area contributed by atoms with E-state index in [1.165, 1.54) is 76.5 Å². The van der Waals surface area contributed by atoms with E-state index in [9.17, 15) is 0 Å². The highest BCUT2D eigenvalue weighted by molar-refractivity contribution is 6.38. The molecule has 1 unspecified atom stereocenters. The molecule has 0 amide bonds. The average molecular weight is 619 g/mol. The lowest BCUT2D eigenvalue weighted by atomic mass is 9.84. The van der Waals surface area contributed by atoms with Crippen molar-refractivity contribution in [3.05, 3.63) is 156 Å².